The first-order chi connectivity index (χ1) is 9.13. The molecule has 4 nitrogen and oxygen atoms in total. The van der Waals surface area contributed by atoms with Gasteiger partial charge in [-0.1, -0.05) is 13.8 Å². The number of Topliss-reactive ketones (excluding diaryl/α,β-unsaturated/α-hetero) is 1. The second-order valence-electron chi connectivity index (χ2n) is 4.75. The van der Waals surface area contributed by atoms with E-state index in [1.165, 1.54) is 0 Å². The Morgan fingerprint density at radius 1 is 1.32 bits per heavy atom. The Bertz CT molecular complexity index is 570. The minimum atomic E-state index is 0.195. The molecule has 0 amide bonds. The average Bonchev–Trinajstić information content (AvgIpc) is 2.78. The van der Waals surface area contributed by atoms with Crippen LogP contribution in [0.25, 0.3) is 11.0 Å². The highest BCUT2D eigenvalue weighted by Crippen LogP contribution is 2.15. The molecule has 0 spiro atoms. The second-order valence-corrected chi connectivity index (χ2v) is 4.75. The molecule has 1 aromatic carbocycles. The largest absolute Gasteiger partial charge is 0.342 e. The smallest absolute Gasteiger partial charge is 0.164 e. The van der Waals surface area contributed by atoms with Crippen LogP contribution in [0, 0.1) is 6.92 Å². The number of ketones is 1. The first-order valence-electron chi connectivity index (χ1n) is 6.86. The molecular formula is C15H21N3O. The summed E-state index contributed by atoms with van der Waals surface area (Å²) in [6.07, 6.45) is 0.570. The summed E-state index contributed by atoms with van der Waals surface area (Å²) < 4.78 is 0. The number of fused-ring (bicyclic) bond motifs is 1. The van der Waals surface area contributed by atoms with E-state index in [1.807, 2.05) is 25.1 Å². The van der Waals surface area contributed by atoms with Crippen LogP contribution < -0.4 is 0 Å². The molecule has 0 bridgehead atoms. The van der Waals surface area contributed by atoms with Gasteiger partial charge in [0.15, 0.2) is 5.78 Å². The van der Waals surface area contributed by atoms with Crippen molar-refractivity contribution in [2.75, 3.05) is 19.6 Å². The van der Waals surface area contributed by atoms with Crippen molar-refractivity contribution < 1.29 is 4.79 Å². The van der Waals surface area contributed by atoms with Crippen LogP contribution in [0.1, 0.15) is 36.5 Å². The van der Waals surface area contributed by atoms with Gasteiger partial charge < -0.3 is 9.88 Å². The van der Waals surface area contributed by atoms with E-state index < -0.39 is 0 Å². The number of rotatable bonds is 6. The Morgan fingerprint density at radius 2 is 2.05 bits per heavy atom. The zero-order chi connectivity index (χ0) is 13.8. The Balaban J connectivity index is 2.08. The number of aryl methyl sites for hydroxylation is 1. The number of carbonyl (C=O) groups excluding carboxylic acids is 1. The van der Waals surface area contributed by atoms with Gasteiger partial charge in [0, 0.05) is 18.5 Å². The van der Waals surface area contributed by atoms with E-state index in [0.717, 1.165) is 42.1 Å². The lowest BCUT2D eigenvalue weighted by atomic mass is 10.1. The first-order valence-corrected chi connectivity index (χ1v) is 6.86. The SMILES string of the molecule is CCN(CC)CCC(=O)c1ccc2nc(C)[nH]c2c1. The highest BCUT2D eigenvalue weighted by Gasteiger charge is 2.10. The summed E-state index contributed by atoms with van der Waals surface area (Å²) >= 11 is 0. The molecule has 0 fully saturated rings. The van der Waals surface area contributed by atoms with Crippen molar-refractivity contribution in [2.45, 2.75) is 27.2 Å². The van der Waals surface area contributed by atoms with E-state index >= 15 is 0 Å². The van der Waals surface area contributed by atoms with Gasteiger partial charge in [0.25, 0.3) is 0 Å². The fraction of sp³-hybridized carbons (Fsp3) is 0.467. The van der Waals surface area contributed by atoms with Crippen LogP contribution in [0.2, 0.25) is 0 Å². The summed E-state index contributed by atoms with van der Waals surface area (Å²) in [5, 5.41) is 0. The maximum Gasteiger partial charge on any atom is 0.164 e. The second kappa shape index (κ2) is 5.97. The van der Waals surface area contributed by atoms with Gasteiger partial charge in [-0.2, -0.15) is 0 Å². The monoisotopic (exact) mass is 259 g/mol. The van der Waals surface area contributed by atoms with Crippen LogP contribution in [0.15, 0.2) is 18.2 Å². The number of aromatic nitrogens is 2. The third-order valence-corrected chi connectivity index (χ3v) is 3.47. The lowest BCUT2D eigenvalue weighted by molar-refractivity contribution is 0.0966. The van der Waals surface area contributed by atoms with Crippen molar-refractivity contribution in [2.24, 2.45) is 0 Å². The van der Waals surface area contributed by atoms with Gasteiger partial charge in [-0.3, -0.25) is 4.79 Å². The number of hydrogen-bond acceptors (Lipinski definition) is 3. The number of benzene rings is 1. The van der Waals surface area contributed by atoms with E-state index in [0.29, 0.717) is 6.42 Å². The van der Waals surface area contributed by atoms with Crippen molar-refractivity contribution in [3.8, 4) is 0 Å². The molecule has 4 heteroatoms. The number of nitrogens with zero attached hydrogens (tertiary/aromatic N) is 2. The molecule has 0 saturated carbocycles. The van der Waals surface area contributed by atoms with Crippen molar-refractivity contribution in [3.05, 3.63) is 29.6 Å². The molecule has 0 radical (unpaired) electrons. The Labute approximate surface area is 113 Å². The predicted molar refractivity (Wildman–Crippen MR) is 77.6 cm³/mol. The van der Waals surface area contributed by atoms with Crippen LogP contribution in [-0.4, -0.2) is 40.3 Å². The van der Waals surface area contributed by atoms with Crippen molar-refractivity contribution >= 4 is 16.8 Å². The van der Waals surface area contributed by atoms with E-state index in [9.17, 15) is 4.79 Å². The van der Waals surface area contributed by atoms with E-state index in [1.54, 1.807) is 0 Å². The van der Waals surface area contributed by atoms with E-state index in [4.69, 9.17) is 0 Å². The molecule has 0 unspecified atom stereocenters. The van der Waals surface area contributed by atoms with Gasteiger partial charge >= 0.3 is 0 Å². The molecule has 0 aliphatic rings. The van der Waals surface area contributed by atoms with E-state index in [-0.39, 0.29) is 5.78 Å². The average molecular weight is 259 g/mol. The number of aromatic amines is 1. The molecular weight excluding hydrogens is 238 g/mol. The molecule has 102 valence electrons. The third kappa shape index (κ3) is 3.20. The van der Waals surface area contributed by atoms with Gasteiger partial charge in [-0.15, -0.1) is 0 Å². The maximum atomic E-state index is 12.2. The molecule has 1 heterocycles. The Morgan fingerprint density at radius 3 is 2.74 bits per heavy atom. The van der Waals surface area contributed by atoms with Crippen LogP contribution in [0.4, 0.5) is 0 Å². The summed E-state index contributed by atoms with van der Waals surface area (Å²) in [7, 11) is 0. The zero-order valence-corrected chi connectivity index (χ0v) is 11.9. The third-order valence-electron chi connectivity index (χ3n) is 3.47. The molecule has 0 atom stereocenters. The van der Waals surface area contributed by atoms with E-state index in [2.05, 4.69) is 28.7 Å². The fourth-order valence-electron chi connectivity index (χ4n) is 2.25. The molecule has 19 heavy (non-hydrogen) atoms. The standard InChI is InChI=1S/C15H21N3O/c1-4-18(5-2)9-8-15(19)12-6-7-13-14(10-12)17-11(3)16-13/h6-7,10H,4-5,8-9H2,1-3H3,(H,16,17). The zero-order valence-electron chi connectivity index (χ0n) is 11.9. The molecule has 2 rings (SSSR count). The minimum absolute atomic E-state index is 0.195. The van der Waals surface area contributed by atoms with Crippen LogP contribution in [0.5, 0.6) is 0 Å². The number of imidazole rings is 1. The van der Waals surface area contributed by atoms with Gasteiger partial charge in [0.2, 0.25) is 0 Å². The molecule has 1 N–H and O–H groups in total. The summed E-state index contributed by atoms with van der Waals surface area (Å²) in [5.74, 6) is 1.07. The summed E-state index contributed by atoms with van der Waals surface area (Å²) in [6.45, 7) is 8.96. The number of nitrogens with one attached hydrogen (secondary N) is 1. The Kier molecular flexibility index (Phi) is 4.32. The van der Waals surface area contributed by atoms with Gasteiger partial charge in [0.05, 0.1) is 11.0 Å². The van der Waals surface area contributed by atoms with Crippen LogP contribution in [0.3, 0.4) is 0 Å². The van der Waals surface area contributed by atoms with Crippen molar-refractivity contribution in [1.29, 1.82) is 0 Å². The summed E-state index contributed by atoms with van der Waals surface area (Å²) in [6, 6.07) is 5.68. The normalized spacial score (nSPS) is 11.4. The predicted octanol–water partition coefficient (Wildman–Crippen LogP) is 2.79. The number of carbonyl (C=O) groups is 1. The number of H-pyrrole nitrogens is 1. The van der Waals surface area contributed by atoms with Gasteiger partial charge in [-0.05, 0) is 38.2 Å². The highest BCUT2D eigenvalue weighted by atomic mass is 16.1. The lowest BCUT2D eigenvalue weighted by Crippen LogP contribution is -2.25. The molecule has 0 aliphatic carbocycles. The summed E-state index contributed by atoms with van der Waals surface area (Å²) in [4.78, 5) is 21.9. The molecule has 0 aliphatic heterocycles. The maximum absolute atomic E-state index is 12.2. The van der Waals surface area contributed by atoms with Crippen molar-refractivity contribution in [3.63, 3.8) is 0 Å². The number of hydrogen-bond donors (Lipinski definition) is 1. The lowest BCUT2D eigenvalue weighted by Gasteiger charge is -2.16. The van der Waals surface area contributed by atoms with Crippen LogP contribution in [-0.2, 0) is 0 Å². The van der Waals surface area contributed by atoms with Gasteiger partial charge in [0.1, 0.15) is 5.82 Å². The van der Waals surface area contributed by atoms with Gasteiger partial charge in [-0.25, -0.2) is 4.98 Å². The first kappa shape index (κ1) is 13.7. The molecule has 2 aromatic rings. The summed E-state index contributed by atoms with van der Waals surface area (Å²) in [5.41, 5.74) is 2.62. The van der Waals surface area contributed by atoms with Crippen molar-refractivity contribution in [1.82, 2.24) is 14.9 Å². The Hall–Kier alpha value is -1.68. The van der Waals surface area contributed by atoms with Crippen LogP contribution >= 0.6 is 0 Å². The minimum Gasteiger partial charge on any atom is -0.342 e. The highest BCUT2D eigenvalue weighted by molar-refractivity contribution is 5.98. The molecule has 1 aromatic heterocycles. The fourth-order valence-corrected chi connectivity index (χ4v) is 2.25. The topological polar surface area (TPSA) is 49.0 Å². The molecule has 0 saturated heterocycles. The quantitative estimate of drug-likeness (QED) is 0.811.